The second kappa shape index (κ2) is 6.49. The lowest BCUT2D eigenvalue weighted by atomic mass is 10.3. The van der Waals surface area contributed by atoms with Gasteiger partial charge < -0.3 is 15.0 Å². The van der Waals surface area contributed by atoms with Crippen molar-refractivity contribution in [3.63, 3.8) is 0 Å². The van der Waals surface area contributed by atoms with Crippen LogP contribution in [0.4, 0.5) is 0 Å². The summed E-state index contributed by atoms with van der Waals surface area (Å²) in [6.45, 7) is 2.34. The highest BCUT2D eigenvalue weighted by Crippen LogP contribution is 2.12. The summed E-state index contributed by atoms with van der Waals surface area (Å²) in [5.74, 6) is -0.189. The molecule has 2 aromatic rings. The molecule has 0 saturated heterocycles. The number of H-pyrrole nitrogens is 1. The number of para-hydroxylation sites is 1. The van der Waals surface area contributed by atoms with Gasteiger partial charge in [0, 0.05) is 25.0 Å². The molecule has 2 rings (SSSR count). The van der Waals surface area contributed by atoms with Crippen LogP contribution < -0.4 is 5.32 Å². The Morgan fingerprint density at radius 2 is 2.15 bits per heavy atom. The van der Waals surface area contributed by atoms with E-state index in [2.05, 4.69) is 10.3 Å². The van der Waals surface area contributed by atoms with Crippen molar-refractivity contribution in [1.29, 1.82) is 0 Å². The number of amides is 1. The lowest BCUT2D eigenvalue weighted by molar-refractivity contribution is 0.0898. The van der Waals surface area contributed by atoms with Crippen LogP contribution in [0.15, 0.2) is 36.5 Å². The number of ether oxygens (including phenoxy) is 1. The molecule has 0 aliphatic carbocycles. The smallest absolute Gasteiger partial charge is 0.270 e. The molecule has 6 heteroatoms. The van der Waals surface area contributed by atoms with Gasteiger partial charge in [-0.3, -0.25) is 9.36 Å². The largest absolute Gasteiger partial charge is 0.383 e. The van der Waals surface area contributed by atoms with E-state index in [4.69, 9.17) is 17.0 Å². The molecule has 1 atom stereocenters. The minimum atomic E-state index is -0.189. The van der Waals surface area contributed by atoms with Gasteiger partial charge in [0.05, 0.1) is 6.61 Å². The topological polar surface area (TPSA) is 59.0 Å². The highest BCUT2D eigenvalue weighted by atomic mass is 32.1. The maximum atomic E-state index is 12.3. The average molecular weight is 291 g/mol. The van der Waals surface area contributed by atoms with Crippen LogP contribution in [0, 0.1) is 4.77 Å². The van der Waals surface area contributed by atoms with Gasteiger partial charge in [-0.1, -0.05) is 18.2 Å². The summed E-state index contributed by atoms with van der Waals surface area (Å²) in [4.78, 5) is 15.2. The first-order valence-electron chi connectivity index (χ1n) is 6.29. The number of nitrogens with one attached hydrogen (secondary N) is 2. The summed E-state index contributed by atoms with van der Waals surface area (Å²) in [6.07, 6.45) is 1.62. The van der Waals surface area contributed by atoms with Crippen molar-refractivity contribution in [2.75, 3.05) is 13.7 Å². The number of nitrogens with zero attached hydrogens (tertiary/aromatic N) is 1. The number of carbonyl (C=O) groups excluding carboxylic acids is 1. The molecule has 1 aromatic heterocycles. The predicted octanol–water partition coefficient (Wildman–Crippen LogP) is 2.30. The van der Waals surface area contributed by atoms with Gasteiger partial charge in [-0.25, -0.2) is 0 Å². The normalized spacial score (nSPS) is 12.1. The first-order chi connectivity index (χ1) is 9.63. The molecule has 1 heterocycles. The number of methoxy groups -OCH3 is 1. The molecule has 106 valence electrons. The average Bonchev–Trinajstić information content (AvgIpc) is 2.82. The fraction of sp³-hybridized carbons (Fsp3) is 0.286. The number of aromatic amines is 1. The molecule has 0 spiro atoms. The molecule has 1 unspecified atom stereocenters. The Morgan fingerprint density at radius 3 is 2.80 bits per heavy atom. The third-order valence-corrected chi connectivity index (χ3v) is 3.12. The summed E-state index contributed by atoms with van der Waals surface area (Å²) in [6, 6.07) is 9.46. The third-order valence-electron chi connectivity index (χ3n) is 2.82. The van der Waals surface area contributed by atoms with Crippen molar-refractivity contribution >= 4 is 18.1 Å². The van der Waals surface area contributed by atoms with Crippen LogP contribution in [-0.2, 0) is 4.74 Å². The summed E-state index contributed by atoms with van der Waals surface area (Å²) in [7, 11) is 1.60. The van der Waals surface area contributed by atoms with E-state index >= 15 is 0 Å². The minimum absolute atomic E-state index is 0.0693. The van der Waals surface area contributed by atoms with Crippen molar-refractivity contribution in [1.82, 2.24) is 14.9 Å². The first kappa shape index (κ1) is 14.5. The van der Waals surface area contributed by atoms with E-state index in [0.29, 0.717) is 17.1 Å². The van der Waals surface area contributed by atoms with Gasteiger partial charge in [0.1, 0.15) is 5.69 Å². The monoisotopic (exact) mass is 291 g/mol. The fourth-order valence-electron chi connectivity index (χ4n) is 1.96. The van der Waals surface area contributed by atoms with E-state index in [1.54, 1.807) is 17.9 Å². The van der Waals surface area contributed by atoms with Crippen molar-refractivity contribution in [3.8, 4) is 5.69 Å². The number of hydrogen-bond donors (Lipinski definition) is 2. The zero-order valence-electron chi connectivity index (χ0n) is 11.4. The van der Waals surface area contributed by atoms with Crippen LogP contribution >= 0.6 is 12.2 Å². The number of benzene rings is 1. The lowest BCUT2D eigenvalue weighted by Gasteiger charge is -2.13. The van der Waals surface area contributed by atoms with E-state index in [9.17, 15) is 4.79 Å². The summed E-state index contributed by atoms with van der Waals surface area (Å²) >= 11 is 5.24. The highest BCUT2D eigenvalue weighted by Gasteiger charge is 2.16. The molecular weight excluding hydrogens is 274 g/mol. The van der Waals surface area contributed by atoms with Crippen molar-refractivity contribution in [3.05, 3.63) is 47.0 Å². The molecule has 1 amide bonds. The van der Waals surface area contributed by atoms with Gasteiger partial charge in [-0.15, -0.1) is 0 Å². The minimum Gasteiger partial charge on any atom is -0.383 e. The molecule has 20 heavy (non-hydrogen) atoms. The second-order valence-corrected chi connectivity index (χ2v) is 4.87. The van der Waals surface area contributed by atoms with Gasteiger partial charge in [-0.2, -0.15) is 0 Å². The maximum absolute atomic E-state index is 12.3. The maximum Gasteiger partial charge on any atom is 0.270 e. The Balaban J connectivity index is 2.30. The van der Waals surface area contributed by atoms with E-state index < -0.39 is 0 Å². The van der Waals surface area contributed by atoms with E-state index in [0.717, 1.165) is 5.69 Å². The molecule has 0 aliphatic heterocycles. The second-order valence-electron chi connectivity index (χ2n) is 4.48. The van der Waals surface area contributed by atoms with E-state index in [1.807, 2.05) is 37.3 Å². The number of imidazole rings is 1. The van der Waals surface area contributed by atoms with Gasteiger partial charge in [-0.05, 0) is 31.3 Å². The third kappa shape index (κ3) is 3.15. The van der Waals surface area contributed by atoms with Crippen LogP contribution in [0.5, 0.6) is 0 Å². The molecular formula is C14H17N3O2S. The van der Waals surface area contributed by atoms with E-state index in [1.165, 1.54) is 0 Å². The summed E-state index contributed by atoms with van der Waals surface area (Å²) in [5, 5.41) is 2.87. The SMILES string of the molecule is COCC(C)NC(=O)c1c[nH]c(=S)n1-c1ccccc1. The molecule has 1 aromatic carbocycles. The molecule has 2 N–H and O–H groups in total. The first-order valence-corrected chi connectivity index (χ1v) is 6.70. The van der Waals surface area contributed by atoms with Crippen LogP contribution in [0.25, 0.3) is 5.69 Å². The number of hydrogen-bond acceptors (Lipinski definition) is 3. The Labute approximate surface area is 122 Å². The fourth-order valence-corrected chi connectivity index (χ4v) is 2.22. The highest BCUT2D eigenvalue weighted by molar-refractivity contribution is 7.71. The quantitative estimate of drug-likeness (QED) is 0.831. The van der Waals surface area contributed by atoms with Crippen molar-refractivity contribution in [2.45, 2.75) is 13.0 Å². The molecule has 5 nitrogen and oxygen atoms in total. The number of rotatable bonds is 5. The Morgan fingerprint density at radius 1 is 1.45 bits per heavy atom. The van der Waals surface area contributed by atoms with Crippen molar-refractivity contribution < 1.29 is 9.53 Å². The Kier molecular flexibility index (Phi) is 4.70. The lowest BCUT2D eigenvalue weighted by Crippen LogP contribution is -2.36. The molecule has 0 aliphatic rings. The van der Waals surface area contributed by atoms with E-state index in [-0.39, 0.29) is 11.9 Å². The zero-order chi connectivity index (χ0) is 14.5. The van der Waals surface area contributed by atoms with Gasteiger partial charge in [0.15, 0.2) is 4.77 Å². The zero-order valence-corrected chi connectivity index (χ0v) is 12.2. The summed E-state index contributed by atoms with van der Waals surface area (Å²) < 4.78 is 7.21. The van der Waals surface area contributed by atoms with Crippen LogP contribution in [-0.4, -0.2) is 35.2 Å². The van der Waals surface area contributed by atoms with Gasteiger partial charge in [0.2, 0.25) is 0 Å². The standard InChI is InChI=1S/C14H17N3O2S/c1-10(9-19-2)16-13(18)12-8-15-14(20)17(12)11-6-4-3-5-7-11/h3-8,10H,9H2,1-2H3,(H,15,20)(H,16,18). The Bertz CT molecular complexity index is 633. The molecule has 0 bridgehead atoms. The molecule has 0 fully saturated rings. The van der Waals surface area contributed by atoms with Gasteiger partial charge in [0.25, 0.3) is 5.91 Å². The van der Waals surface area contributed by atoms with Crippen LogP contribution in [0.1, 0.15) is 17.4 Å². The molecule has 0 radical (unpaired) electrons. The predicted molar refractivity (Wildman–Crippen MR) is 79.8 cm³/mol. The van der Waals surface area contributed by atoms with Crippen LogP contribution in [0.3, 0.4) is 0 Å². The summed E-state index contributed by atoms with van der Waals surface area (Å²) in [5.41, 5.74) is 1.33. The Hall–Kier alpha value is -1.92. The van der Waals surface area contributed by atoms with Crippen LogP contribution in [0.2, 0.25) is 0 Å². The number of carbonyl (C=O) groups is 1. The van der Waals surface area contributed by atoms with Crippen molar-refractivity contribution in [2.24, 2.45) is 0 Å². The molecule has 0 saturated carbocycles. The number of aromatic nitrogens is 2. The van der Waals surface area contributed by atoms with Gasteiger partial charge >= 0.3 is 0 Å².